The lowest BCUT2D eigenvalue weighted by Gasteiger charge is -2.27. The van der Waals surface area contributed by atoms with Crippen molar-refractivity contribution in [3.05, 3.63) is 60.3 Å². The summed E-state index contributed by atoms with van der Waals surface area (Å²) in [5, 5.41) is 7.71. The van der Waals surface area contributed by atoms with Crippen molar-refractivity contribution >= 4 is 17.4 Å². The molecule has 2 heterocycles. The fourth-order valence-corrected chi connectivity index (χ4v) is 3.71. The summed E-state index contributed by atoms with van der Waals surface area (Å²) in [5.41, 5.74) is 4.07. The minimum atomic E-state index is -0.128. The molecule has 1 saturated heterocycles. The first-order valence-electron chi connectivity index (χ1n) is 10.6. The number of aromatic nitrogens is 2. The summed E-state index contributed by atoms with van der Waals surface area (Å²) in [6.45, 7) is 7.71. The Morgan fingerprint density at radius 3 is 2.55 bits per heavy atom. The van der Waals surface area contributed by atoms with Crippen LogP contribution in [0.3, 0.4) is 0 Å². The zero-order valence-corrected chi connectivity index (χ0v) is 18.0. The first-order valence-corrected chi connectivity index (χ1v) is 10.6. The molecule has 7 heteroatoms. The number of nitrogens with zero attached hydrogens (tertiary/aromatic N) is 3. The molecular formula is C24H28N4O3. The molecule has 1 aromatic heterocycles. The number of morpholine rings is 1. The summed E-state index contributed by atoms with van der Waals surface area (Å²) in [5.74, 6) is 1.55. The number of amides is 1. The fourth-order valence-electron chi connectivity index (χ4n) is 3.71. The van der Waals surface area contributed by atoms with Crippen LogP contribution in [0.15, 0.2) is 54.7 Å². The molecular weight excluding hydrogens is 392 g/mol. The lowest BCUT2D eigenvalue weighted by atomic mass is 10.0. The second-order valence-electron chi connectivity index (χ2n) is 7.48. The van der Waals surface area contributed by atoms with Crippen molar-refractivity contribution in [3.8, 4) is 16.9 Å². The molecule has 31 heavy (non-hydrogen) atoms. The minimum absolute atomic E-state index is 0.128. The number of anilines is 2. The molecule has 162 valence electrons. The van der Waals surface area contributed by atoms with Gasteiger partial charge in [-0.3, -0.25) is 9.48 Å². The molecule has 0 bridgehead atoms. The van der Waals surface area contributed by atoms with E-state index in [9.17, 15) is 4.79 Å². The van der Waals surface area contributed by atoms with Gasteiger partial charge in [0.05, 0.1) is 19.8 Å². The highest BCUT2D eigenvalue weighted by Gasteiger charge is 2.21. The highest BCUT2D eigenvalue weighted by molar-refractivity contribution is 5.90. The predicted molar refractivity (Wildman–Crippen MR) is 122 cm³/mol. The van der Waals surface area contributed by atoms with E-state index in [1.54, 1.807) is 4.68 Å². The summed E-state index contributed by atoms with van der Waals surface area (Å²) in [7, 11) is 0. The average Bonchev–Trinajstić information content (AvgIpc) is 3.19. The number of ether oxygens (including phenoxy) is 2. The highest BCUT2D eigenvalue weighted by Crippen LogP contribution is 2.32. The molecule has 1 fully saturated rings. The lowest BCUT2D eigenvalue weighted by molar-refractivity contribution is -0.116. The van der Waals surface area contributed by atoms with E-state index in [0.29, 0.717) is 19.8 Å². The Bertz CT molecular complexity index is 1020. The van der Waals surface area contributed by atoms with Crippen LogP contribution in [0.25, 0.3) is 11.1 Å². The molecule has 0 saturated carbocycles. The molecule has 1 amide bonds. The van der Waals surface area contributed by atoms with Gasteiger partial charge in [0.2, 0.25) is 5.91 Å². The monoisotopic (exact) mass is 420 g/mol. The summed E-state index contributed by atoms with van der Waals surface area (Å²) in [6, 6.07) is 15.6. The molecule has 0 unspecified atom stereocenters. The smallest absolute Gasteiger partial charge is 0.246 e. The number of aryl methyl sites for hydroxylation is 1. The normalized spacial score (nSPS) is 13.8. The summed E-state index contributed by atoms with van der Waals surface area (Å²) in [4.78, 5) is 14.9. The highest BCUT2D eigenvalue weighted by atomic mass is 16.5. The van der Waals surface area contributed by atoms with E-state index in [1.165, 1.54) is 5.56 Å². The van der Waals surface area contributed by atoms with E-state index < -0.39 is 0 Å². The Labute approximate surface area is 182 Å². The summed E-state index contributed by atoms with van der Waals surface area (Å²) < 4.78 is 12.7. The zero-order valence-electron chi connectivity index (χ0n) is 18.0. The molecule has 2 aromatic carbocycles. The zero-order chi connectivity index (χ0) is 21.6. The van der Waals surface area contributed by atoms with Crippen LogP contribution in [0.1, 0.15) is 12.5 Å². The number of rotatable bonds is 7. The fraction of sp³-hybridized carbons (Fsp3) is 0.333. The third-order valence-corrected chi connectivity index (χ3v) is 5.24. The van der Waals surface area contributed by atoms with Crippen molar-refractivity contribution in [2.24, 2.45) is 0 Å². The maximum absolute atomic E-state index is 12.7. The Kier molecular flexibility index (Phi) is 6.52. The van der Waals surface area contributed by atoms with Crippen LogP contribution in [0, 0.1) is 6.92 Å². The van der Waals surface area contributed by atoms with Gasteiger partial charge in [0.25, 0.3) is 0 Å². The van der Waals surface area contributed by atoms with Gasteiger partial charge in [-0.25, -0.2) is 0 Å². The maximum atomic E-state index is 12.7. The molecule has 0 radical (unpaired) electrons. The molecule has 3 aromatic rings. The molecule has 0 spiro atoms. The van der Waals surface area contributed by atoms with Crippen LogP contribution in [-0.4, -0.2) is 48.6 Å². The van der Waals surface area contributed by atoms with E-state index in [-0.39, 0.29) is 12.5 Å². The van der Waals surface area contributed by atoms with Crippen molar-refractivity contribution in [3.63, 3.8) is 0 Å². The molecule has 7 nitrogen and oxygen atoms in total. The van der Waals surface area contributed by atoms with Gasteiger partial charge in [0, 0.05) is 30.5 Å². The summed E-state index contributed by atoms with van der Waals surface area (Å²) in [6.07, 6.45) is 1.96. The van der Waals surface area contributed by atoms with Crippen molar-refractivity contribution in [1.82, 2.24) is 9.78 Å². The molecule has 1 N–H and O–H groups in total. The van der Waals surface area contributed by atoms with E-state index in [1.807, 2.05) is 49.5 Å². The predicted octanol–water partition coefficient (Wildman–Crippen LogP) is 3.73. The first-order chi connectivity index (χ1) is 15.1. The molecule has 0 aliphatic carbocycles. The van der Waals surface area contributed by atoms with Crippen LogP contribution >= 0.6 is 0 Å². The van der Waals surface area contributed by atoms with Crippen molar-refractivity contribution in [2.45, 2.75) is 20.4 Å². The van der Waals surface area contributed by atoms with Crippen LogP contribution in [0.4, 0.5) is 11.5 Å². The third kappa shape index (κ3) is 5.06. The Hall–Kier alpha value is -3.32. The Morgan fingerprint density at radius 1 is 1.10 bits per heavy atom. The third-order valence-electron chi connectivity index (χ3n) is 5.24. The van der Waals surface area contributed by atoms with Crippen molar-refractivity contribution < 1.29 is 14.3 Å². The molecule has 0 atom stereocenters. The van der Waals surface area contributed by atoms with Gasteiger partial charge in [-0.2, -0.15) is 5.10 Å². The van der Waals surface area contributed by atoms with Crippen LogP contribution in [-0.2, 0) is 16.1 Å². The van der Waals surface area contributed by atoms with Gasteiger partial charge in [-0.15, -0.1) is 0 Å². The minimum Gasteiger partial charge on any atom is -0.494 e. The average molecular weight is 421 g/mol. The van der Waals surface area contributed by atoms with Crippen LogP contribution < -0.4 is 15.0 Å². The largest absolute Gasteiger partial charge is 0.494 e. The quantitative estimate of drug-likeness (QED) is 0.631. The standard InChI is InChI=1S/C24H28N4O3/c1-3-31-20-10-8-19(9-11-20)25-23(29)17-28-16-22(21-7-5-4-6-18(21)2)24(26-28)27-12-14-30-15-13-27/h4-11,16H,3,12-15,17H2,1-2H3,(H,25,29). The van der Waals surface area contributed by atoms with Gasteiger partial charge < -0.3 is 19.7 Å². The van der Waals surface area contributed by atoms with E-state index >= 15 is 0 Å². The van der Waals surface area contributed by atoms with Crippen LogP contribution in [0.5, 0.6) is 5.75 Å². The summed E-state index contributed by atoms with van der Waals surface area (Å²) >= 11 is 0. The van der Waals surface area contributed by atoms with Gasteiger partial charge >= 0.3 is 0 Å². The van der Waals surface area contributed by atoms with Crippen molar-refractivity contribution in [1.29, 1.82) is 0 Å². The number of benzene rings is 2. The second-order valence-corrected chi connectivity index (χ2v) is 7.48. The number of hydrogen-bond acceptors (Lipinski definition) is 5. The van der Waals surface area contributed by atoms with Gasteiger partial charge in [0.1, 0.15) is 12.3 Å². The van der Waals surface area contributed by atoms with E-state index in [2.05, 4.69) is 29.3 Å². The maximum Gasteiger partial charge on any atom is 0.246 e. The van der Waals surface area contributed by atoms with Gasteiger partial charge in [-0.05, 0) is 49.2 Å². The second kappa shape index (κ2) is 9.66. The SMILES string of the molecule is CCOc1ccc(NC(=O)Cn2cc(-c3ccccc3C)c(N3CCOCC3)n2)cc1. The molecule has 1 aliphatic heterocycles. The Balaban J connectivity index is 1.54. The number of nitrogens with one attached hydrogen (secondary N) is 1. The lowest BCUT2D eigenvalue weighted by Crippen LogP contribution is -2.36. The van der Waals surface area contributed by atoms with Crippen molar-refractivity contribution in [2.75, 3.05) is 43.1 Å². The molecule has 4 rings (SSSR count). The van der Waals surface area contributed by atoms with E-state index in [0.717, 1.165) is 41.5 Å². The van der Waals surface area contributed by atoms with E-state index in [4.69, 9.17) is 14.6 Å². The van der Waals surface area contributed by atoms with Gasteiger partial charge in [0.15, 0.2) is 5.82 Å². The number of hydrogen-bond donors (Lipinski definition) is 1. The Morgan fingerprint density at radius 2 is 1.84 bits per heavy atom. The molecule has 1 aliphatic rings. The topological polar surface area (TPSA) is 68.6 Å². The number of carbonyl (C=O) groups is 1. The first kappa shape index (κ1) is 20.9. The number of carbonyl (C=O) groups excluding carboxylic acids is 1. The van der Waals surface area contributed by atoms with Gasteiger partial charge in [-0.1, -0.05) is 24.3 Å². The van der Waals surface area contributed by atoms with Crippen LogP contribution in [0.2, 0.25) is 0 Å².